The SMILES string of the molecule is COn1pnp1Oc1ccccc1. The van der Waals surface area contributed by atoms with Crippen LogP contribution in [0.25, 0.3) is 0 Å². The monoisotopic (exact) mass is 214 g/mol. The van der Waals surface area contributed by atoms with Gasteiger partial charge in [-0.1, -0.05) is 18.2 Å². The van der Waals surface area contributed by atoms with E-state index in [1.165, 1.54) is 0 Å². The number of aromatic nitrogens is 2. The van der Waals surface area contributed by atoms with Crippen LogP contribution in [0, 0.1) is 0 Å². The van der Waals surface area contributed by atoms with Gasteiger partial charge >= 0.3 is 0 Å². The maximum atomic E-state index is 5.55. The molecule has 1 heterocycles. The van der Waals surface area contributed by atoms with Crippen LogP contribution in [0.4, 0.5) is 0 Å². The summed E-state index contributed by atoms with van der Waals surface area (Å²) in [5, 5.41) is 0. The second-order valence-electron chi connectivity index (χ2n) is 2.27. The molecule has 2 aromatic rings. The molecule has 0 radical (unpaired) electrons. The van der Waals surface area contributed by atoms with Crippen LogP contribution in [0.15, 0.2) is 30.3 Å². The first-order valence-electron chi connectivity index (χ1n) is 3.69. The molecule has 1 unspecified atom stereocenters. The van der Waals surface area contributed by atoms with Crippen molar-refractivity contribution in [2.24, 2.45) is 0 Å². The minimum Gasteiger partial charge on any atom is -0.415 e. The van der Waals surface area contributed by atoms with Gasteiger partial charge in [0.15, 0.2) is 8.51 Å². The first kappa shape index (κ1) is 8.76. The molecule has 0 amide bonds. The fraction of sp³-hybridized carbons (Fsp3) is 0.143. The summed E-state index contributed by atoms with van der Waals surface area (Å²) < 4.78 is 11.4. The molecular weight excluding hydrogens is 206 g/mol. The van der Waals surface area contributed by atoms with Crippen LogP contribution in [-0.2, 0) is 0 Å². The highest BCUT2D eigenvalue weighted by molar-refractivity contribution is 7.53. The molecule has 1 aromatic heterocycles. The highest BCUT2D eigenvalue weighted by Crippen LogP contribution is 2.33. The van der Waals surface area contributed by atoms with Crippen molar-refractivity contribution in [3.63, 3.8) is 0 Å². The Balaban J connectivity index is 2.09. The molecule has 0 fully saturated rings. The standard InChI is InChI=1S/C7H8N2O2P2/c1-10-9-12-8-13(9)11-7-5-3-2-4-6-7/h2-6H,1H3. The summed E-state index contributed by atoms with van der Waals surface area (Å²) in [5.74, 6) is 0.828. The topological polar surface area (TPSA) is 36.3 Å². The molecule has 13 heavy (non-hydrogen) atoms. The van der Waals surface area contributed by atoms with E-state index in [-0.39, 0.29) is 0 Å². The van der Waals surface area contributed by atoms with Crippen LogP contribution in [0.2, 0.25) is 0 Å². The lowest BCUT2D eigenvalue weighted by Gasteiger charge is -2.11. The Labute approximate surface area is 78.6 Å². The molecule has 0 bridgehead atoms. The van der Waals surface area contributed by atoms with E-state index in [4.69, 9.17) is 9.36 Å². The van der Waals surface area contributed by atoms with E-state index in [0.717, 1.165) is 14.3 Å². The van der Waals surface area contributed by atoms with E-state index in [9.17, 15) is 0 Å². The lowest BCUT2D eigenvalue weighted by Crippen LogP contribution is -2.06. The summed E-state index contributed by atoms with van der Waals surface area (Å²) in [6.45, 7) is 0. The Morgan fingerprint density at radius 3 is 2.69 bits per heavy atom. The zero-order valence-corrected chi connectivity index (χ0v) is 8.78. The van der Waals surface area contributed by atoms with Crippen LogP contribution in [0.1, 0.15) is 0 Å². The maximum Gasteiger partial charge on any atom is 0.293 e. The molecule has 68 valence electrons. The maximum absolute atomic E-state index is 5.55. The predicted octanol–water partition coefficient (Wildman–Crippen LogP) is 2.35. The Morgan fingerprint density at radius 1 is 1.38 bits per heavy atom. The van der Waals surface area contributed by atoms with Gasteiger partial charge in [-0.05, 0) is 12.1 Å². The van der Waals surface area contributed by atoms with Gasteiger partial charge in [0, 0.05) is 0 Å². The van der Waals surface area contributed by atoms with Gasteiger partial charge in [0.2, 0.25) is 0 Å². The Morgan fingerprint density at radius 2 is 2.15 bits per heavy atom. The van der Waals surface area contributed by atoms with E-state index in [2.05, 4.69) is 4.51 Å². The highest BCUT2D eigenvalue weighted by atomic mass is 31.2. The van der Waals surface area contributed by atoms with Crippen LogP contribution in [0.3, 0.4) is 0 Å². The lowest BCUT2D eigenvalue weighted by atomic mass is 10.3. The highest BCUT2D eigenvalue weighted by Gasteiger charge is 2.07. The van der Waals surface area contributed by atoms with Crippen molar-refractivity contribution in [3.8, 4) is 5.75 Å². The van der Waals surface area contributed by atoms with E-state index in [1.807, 2.05) is 30.3 Å². The second kappa shape index (κ2) is 3.93. The third-order valence-electron chi connectivity index (χ3n) is 1.43. The largest absolute Gasteiger partial charge is 0.415 e. The molecule has 0 spiro atoms. The van der Waals surface area contributed by atoms with Gasteiger partial charge in [0.05, 0.1) is 7.11 Å². The molecule has 0 aliphatic rings. The first-order chi connectivity index (χ1) is 6.40. The Kier molecular flexibility index (Phi) is 2.65. The zero-order valence-electron chi connectivity index (χ0n) is 6.99. The van der Waals surface area contributed by atoms with E-state index in [0.29, 0.717) is 0 Å². The van der Waals surface area contributed by atoms with Crippen molar-refractivity contribution in [3.05, 3.63) is 30.3 Å². The summed E-state index contributed by atoms with van der Waals surface area (Å²) >= 11 is 0. The zero-order chi connectivity index (χ0) is 9.10. The molecule has 4 nitrogen and oxygen atoms in total. The molecule has 1 atom stereocenters. The molecule has 1 aromatic carbocycles. The third-order valence-corrected chi connectivity index (χ3v) is 4.21. The smallest absolute Gasteiger partial charge is 0.293 e. The van der Waals surface area contributed by atoms with Crippen molar-refractivity contribution in [1.29, 1.82) is 0 Å². The van der Waals surface area contributed by atoms with Crippen molar-refractivity contribution >= 4 is 16.6 Å². The quantitative estimate of drug-likeness (QED) is 0.786. The summed E-state index contributed by atoms with van der Waals surface area (Å²) in [7, 11) is 1.53. The molecule has 0 N–H and O–H groups in total. The van der Waals surface area contributed by atoms with Gasteiger partial charge in [-0.15, -0.1) is 8.76 Å². The number of para-hydroxylation sites is 1. The molecule has 0 saturated heterocycles. The minimum absolute atomic E-state index is 0.828. The molecule has 0 saturated carbocycles. The van der Waals surface area contributed by atoms with Crippen LogP contribution >= 0.6 is 16.6 Å². The third kappa shape index (κ3) is 1.92. The van der Waals surface area contributed by atoms with Gasteiger partial charge in [-0.25, -0.2) is 0 Å². The van der Waals surface area contributed by atoms with E-state index >= 15 is 0 Å². The number of nitrogens with zero attached hydrogens (tertiary/aromatic N) is 2. The summed E-state index contributed by atoms with van der Waals surface area (Å²) in [4.78, 5) is 5.00. The van der Waals surface area contributed by atoms with Gasteiger partial charge in [0.25, 0.3) is 8.08 Å². The number of rotatable bonds is 3. The number of benzene rings is 1. The number of hydrogen-bond acceptors (Lipinski definition) is 3. The predicted molar refractivity (Wildman–Crippen MR) is 52.4 cm³/mol. The minimum atomic E-state index is -0.914. The lowest BCUT2D eigenvalue weighted by molar-refractivity contribution is 0.212. The normalized spacial score (nSPS) is 12.2. The van der Waals surface area contributed by atoms with Crippen molar-refractivity contribution in [2.75, 3.05) is 7.11 Å². The molecular formula is C7H8N2O2P2. The van der Waals surface area contributed by atoms with E-state index in [1.54, 1.807) is 11.4 Å². The van der Waals surface area contributed by atoms with Crippen LogP contribution in [-0.4, -0.2) is 15.9 Å². The number of hydrogen-bond donors (Lipinski definition) is 0. The van der Waals surface area contributed by atoms with Gasteiger partial charge in [0.1, 0.15) is 5.75 Å². The Bertz CT molecular complexity index is 371. The summed E-state index contributed by atoms with van der Waals surface area (Å²) in [6, 6.07) is 9.62. The average molecular weight is 214 g/mol. The van der Waals surface area contributed by atoms with E-state index < -0.39 is 8.08 Å². The molecule has 6 heteroatoms. The van der Waals surface area contributed by atoms with Crippen molar-refractivity contribution in [1.82, 2.24) is 8.76 Å². The van der Waals surface area contributed by atoms with Gasteiger partial charge in [-0.2, -0.15) is 0 Å². The van der Waals surface area contributed by atoms with Crippen LogP contribution < -0.4 is 9.36 Å². The fourth-order valence-electron chi connectivity index (χ4n) is 0.840. The van der Waals surface area contributed by atoms with Crippen LogP contribution in [0.5, 0.6) is 5.75 Å². The summed E-state index contributed by atoms with van der Waals surface area (Å²) in [6.07, 6.45) is 0. The fourth-order valence-corrected chi connectivity index (χ4v) is 2.53. The molecule has 2 rings (SSSR count). The Hall–Kier alpha value is -0.820. The molecule has 0 aliphatic carbocycles. The average Bonchev–Trinajstić information content (AvgIpc) is 2.15. The second-order valence-corrected chi connectivity index (χ2v) is 4.90. The van der Waals surface area contributed by atoms with Gasteiger partial charge in [-0.3, -0.25) is 4.84 Å². The summed E-state index contributed by atoms with van der Waals surface area (Å²) in [5.41, 5.74) is 0. The first-order valence-corrected chi connectivity index (χ1v) is 5.65. The van der Waals surface area contributed by atoms with Crippen molar-refractivity contribution in [2.45, 2.75) is 0 Å². The van der Waals surface area contributed by atoms with Gasteiger partial charge < -0.3 is 4.52 Å². The van der Waals surface area contributed by atoms with Crippen molar-refractivity contribution < 1.29 is 9.36 Å². The molecule has 0 aliphatic heterocycles.